The molecule has 124 valence electrons. The molecule has 0 radical (unpaired) electrons. The van der Waals surface area contributed by atoms with Crippen molar-refractivity contribution in [3.8, 4) is 5.75 Å². The Balaban J connectivity index is 1.67. The smallest absolute Gasteiger partial charge is 0.251 e. The van der Waals surface area contributed by atoms with Gasteiger partial charge >= 0.3 is 0 Å². The quantitative estimate of drug-likeness (QED) is 0.785. The fourth-order valence-corrected chi connectivity index (χ4v) is 2.76. The number of benzene rings is 2. The number of carbonyl (C=O) groups is 1. The highest BCUT2D eigenvalue weighted by Crippen LogP contribution is 2.21. The SMILES string of the molecule is COc1ccc2c(c1)nc(CCNC(=O)c1cccc(C)c1)n2C. The van der Waals surface area contributed by atoms with Crippen LogP contribution in [0.2, 0.25) is 0 Å². The van der Waals surface area contributed by atoms with E-state index in [1.165, 1.54) is 0 Å². The average Bonchev–Trinajstić information content (AvgIpc) is 2.90. The van der Waals surface area contributed by atoms with E-state index in [1.807, 2.05) is 61.0 Å². The molecule has 3 rings (SSSR count). The van der Waals surface area contributed by atoms with Crippen LogP contribution in [-0.2, 0) is 13.5 Å². The first-order valence-electron chi connectivity index (χ1n) is 7.92. The minimum atomic E-state index is -0.0564. The topological polar surface area (TPSA) is 56.1 Å². The number of imidazole rings is 1. The average molecular weight is 323 g/mol. The van der Waals surface area contributed by atoms with Crippen LogP contribution in [0, 0.1) is 6.92 Å². The third-order valence-electron chi connectivity index (χ3n) is 4.10. The van der Waals surface area contributed by atoms with E-state index in [2.05, 4.69) is 10.3 Å². The zero-order chi connectivity index (χ0) is 17.1. The van der Waals surface area contributed by atoms with Crippen LogP contribution in [0.3, 0.4) is 0 Å². The highest BCUT2D eigenvalue weighted by atomic mass is 16.5. The van der Waals surface area contributed by atoms with Crippen molar-refractivity contribution in [1.82, 2.24) is 14.9 Å². The number of carbonyl (C=O) groups excluding carboxylic acids is 1. The Morgan fingerprint density at radius 2 is 2.08 bits per heavy atom. The lowest BCUT2D eigenvalue weighted by Gasteiger charge is -2.06. The number of hydrogen-bond acceptors (Lipinski definition) is 3. The van der Waals surface area contributed by atoms with E-state index in [0.717, 1.165) is 28.2 Å². The monoisotopic (exact) mass is 323 g/mol. The Kier molecular flexibility index (Phi) is 4.51. The molecule has 1 heterocycles. The third-order valence-corrected chi connectivity index (χ3v) is 4.10. The molecule has 1 aromatic heterocycles. The van der Waals surface area contributed by atoms with Gasteiger partial charge in [-0.15, -0.1) is 0 Å². The Bertz CT molecular complexity index is 883. The minimum Gasteiger partial charge on any atom is -0.497 e. The van der Waals surface area contributed by atoms with Crippen LogP contribution in [0.1, 0.15) is 21.7 Å². The first-order chi connectivity index (χ1) is 11.6. The number of fused-ring (bicyclic) bond motifs is 1. The molecule has 1 N–H and O–H groups in total. The molecule has 0 aliphatic carbocycles. The maximum absolute atomic E-state index is 12.2. The summed E-state index contributed by atoms with van der Waals surface area (Å²) in [4.78, 5) is 16.8. The Morgan fingerprint density at radius 3 is 2.83 bits per heavy atom. The largest absolute Gasteiger partial charge is 0.497 e. The number of nitrogens with one attached hydrogen (secondary N) is 1. The van der Waals surface area contributed by atoms with Gasteiger partial charge in [-0.1, -0.05) is 17.7 Å². The number of rotatable bonds is 5. The van der Waals surface area contributed by atoms with Crippen LogP contribution in [0.5, 0.6) is 5.75 Å². The van der Waals surface area contributed by atoms with Gasteiger partial charge in [0, 0.05) is 31.6 Å². The summed E-state index contributed by atoms with van der Waals surface area (Å²) in [7, 11) is 3.63. The molecule has 0 atom stereocenters. The van der Waals surface area contributed by atoms with Gasteiger partial charge in [-0.2, -0.15) is 0 Å². The summed E-state index contributed by atoms with van der Waals surface area (Å²) in [5.74, 6) is 1.67. The first kappa shape index (κ1) is 16.1. The van der Waals surface area contributed by atoms with Crippen LogP contribution in [0.4, 0.5) is 0 Å². The summed E-state index contributed by atoms with van der Waals surface area (Å²) < 4.78 is 7.29. The molecule has 0 saturated carbocycles. The first-order valence-corrected chi connectivity index (χ1v) is 7.92. The van der Waals surface area contributed by atoms with E-state index < -0.39 is 0 Å². The number of ether oxygens (including phenoxy) is 1. The maximum Gasteiger partial charge on any atom is 0.251 e. The van der Waals surface area contributed by atoms with Crippen molar-refractivity contribution >= 4 is 16.9 Å². The summed E-state index contributed by atoms with van der Waals surface area (Å²) in [5.41, 5.74) is 3.71. The van der Waals surface area contributed by atoms with Gasteiger partial charge in [-0.05, 0) is 31.2 Å². The Morgan fingerprint density at radius 1 is 1.25 bits per heavy atom. The van der Waals surface area contributed by atoms with Crippen LogP contribution < -0.4 is 10.1 Å². The second kappa shape index (κ2) is 6.74. The fraction of sp³-hybridized carbons (Fsp3) is 0.263. The van der Waals surface area contributed by atoms with Gasteiger partial charge in [0.1, 0.15) is 11.6 Å². The van der Waals surface area contributed by atoms with Crippen molar-refractivity contribution in [2.45, 2.75) is 13.3 Å². The molecule has 0 bridgehead atoms. The molecule has 0 spiro atoms. The summed E-state index contributed by atoms with van der Waals surface area (Å²) in [6, 6.07) is 13.4. The van der Waals surface area contributed by atoms with Crippen molar-refractivity contribution in [2.24, 2.45) is 7.05 Å². The van der Waals surface area contributed by atoms with Crippen LogP contribution in [0.15, 0.2) is 42.5 Å². The Labute approximate surface area is 141 Å². The summed E-state index contributed by atoms with van der Waals surface area (Å²) in [6.45, 7) is 2.52. The third kappa shape index (κ3) is 3.25. The van der Waals surface area contributed by atoms with Crippen LogP contribution >= 0.6 is 0 Å². The molecule has 0 saturated heterocycles. The number of hydrogen-bond donors (Lipinski definition) is 1. The van der Waals surface area contributed by atoms with E-state index in [4.69, 9.17) is 4.74 Å². The number of nitrogens with zero attached hydrogens (tertiary/aromatic N) is 2. The van der Waals surface area contributed by atoms with Gasteiger partial charge in [-0.25, -0.2) is 4.98 Å². The fourth-order valence-electron chi connectivity index (χ4n) is 2.76. The molecule has 5 nitrogen and oxygen atoms in total. The molecule has 0 aliphatic heterocycles. The highest BCUT2D eigenvalue weighted by molar-refractivity contribution is 5.94. The van der Waals surface area contributed by atoms with Crippen molar-refractivity contribution in [1.29, 1.82) is 0 Å². The molecule has 0 unspecified atom stereocenters. The van der Waals surface area contributed by atoms with Crippen LogP contribution in [-0.4, -0.2) is 29.1 Å². The van der Waals surface area contributed by atoms with E-state index in [9.17, 15) is 4.79 Å². The maximum atomic E-state index is 12.2. The Hall–Kier alpha value is -2.82. The van der Waals surface area contributed by atoms with Gasteiger partial charge < -0.3 is 14.6 Å². The van der Waals surface area contributed by atoms with Gasteiger partial charge in [0.15, 0.2) is 0 Å². The zero-order valence-electron chi connectivity index (χ0n) is 14.2. The van der Waals surface area contributed by atoms with Gasteiger partial charge in [0.2, 0.25) is 0 Å². The summed E-state index contributed by atoms with van der Waals surface area (Å²) in [6.07, 6.45) is 0.672. The molecular weight excluding hydrogens is 302 g/mol. The second-order valence-corrected chi connectivity index (χ2v) is 5.82. The van der Waals surface area contributed by atoms with E-state index in [0.29, 0.717) is 18.5 Å². The van der Waals surface area contributed by atoms with E-state index >= 15 is 0 Å². The van der Waals surface area contributed by atoms with Crippen molar-refractivity contribution in [3.05, 3.63) is 59.4 Å². The van der Waals surface area contributed by atoms with Gasteiger partial charge in [0.05, 0.1) is 18.1 Å². The number of aryl methyl sites for hydroxylation is 2. The molecule has 5 heteroatoms. The lowest BCUT2D eigenvalue weighted by Crippen LogP contribution is -2.26. The van der Waals surface area contributed by atoms with Gasteiger partial charge in [0.25, 0.3) is 5.91 Å². The lowest BCUT2D eigenvalue weighted by molar-refractivity contribution is 0.0954. The molecule has 0 fully saturated rings. The van der Waals surface area contributed by atoms with Crippen molar-refractivity contribution in [3.63, 3.8) is 0 Å². The summed E-state index contributed by atoms with van der Waals surface area (Å²) in [5, 5.41) is 2.95. The van der Waals surface area contributed by atoms with Crippen molar-refractivity contribution in [2.75, 3.05) is 13.7 Å². The zero-order valence-corrected chi connectivity index (χ0v) is 14.2. The molecule has 24 heavy (non-hydrogen) atoms. The van der Waals surface area contributed by atoms with Gasteiger partial charge in [-0.3, -0.25) is 4.79 Å². The molecule has 1 amide bonds. The second-order valence-electron chi connectivity index (χ2n) is 5.82. The molecule has 2 aromatic carbocycles. The summed E-state index contributed by atoms with van der Waals surface area (Å²) >= 11 is 0. The highest BCUT2D eigenvalue weighted by Gasteiger charge is 2.10. The lowest BCUT2D eigenvalue weighted by atomic mass is 10.1. The van der Waals surface area contributed by atoms with E-state index in [-0.39, 0.29) is 5.91 Å². The normalized spacial score (nSPS) is 10.8. The number of methoxy groups -OCH3 is 1. The minimum absolute atomic E-state index is 0.0564. The molecule has 3 aromatic rings. The number of amides is 1. The van der Waals surface area contributed by atoms with Crippen molar-refractivity contribution < 1.29 is 9.53 Å². The molecular formula is C19H21N3O2. The standard InChI is InChI=1S/C19H21N3O2/c1-13-5-4-6-14(11-13)19(23)20-10-9-18-21-16-12-15(24-3)7-8-17(16)22(18)2/h4-8,11-12H,9-10H2,1-3H3,(H,20,23). The predicted molar refractivity (Wildman–Crippen MR) is 94.5 cm³/mol. The predicted octanol–water partition coefficient (Wildman–Crippen LogP) is 2.86. The van der Waals surface area contributed by atoms with Crippen LogP contribution in [0.25, 0.3) is 11.0 Å². The molecule has 0 aliphatic rings. The number of aromatic nitrogens is 2. The van der Waals surface area contributed by atoms with E-state index in [1.54, 1.807) is 7.11 Å².